The second-order valence-electron chi connectivity index (χ2n) is 1.46. The molecule has 0 aliphatic carbocycles. The van der Waals surface area contributed by atoms with Crippen LogP contribution in [-0.2, 0) is 4.84 Å². The Morgan fingerprint density at radius 1 is 2.00 bits per heavy atom. The molecular formula is C5H7N2O. The molecule has 0 unspecified atom stereocenters. The highest BCUT2D eigenvalue weighted by Crippen LogP contribution is 1.92. The number of nitrogens with zero attached hydrogens (tertiary/aromatic N) is 2. The largest absolute Gasteiger partial charge is 0.372 e. The Balaban J connectivity index is 2.25. The zero-order valence-corrected chi connectivity index (χ0v) is 4.50. The lowest BCUT2D eigenvalue weighted by Gasteiger charge is -2.04. The molecule has 0 N–H and O–H groups in total. The summed E-state index contributed by atoms with van der Waals surface area (Å²) in [5, 5.41) is 3.41. The summed E-state index contributed by atoms with van der Waals surface area (Å²) in [6.45, 7) is 4.80. The zero-order valence-electron chi connectivity index (χ0n) is 4.50. The van der Waals surface area contributed by atoms with Gasteiger partial charge in [-0.3, -0.25) is 0 Å². The average Bonchev–Trinajstić information content (AvgIpc) is 2.19. The smallest absolute Gasteiger partial charge is 0.217 e. The standard InChI is InChI=1S/C5H7N2O/c1-2-3-7-4-6-8-5-7/h2H,1,3,5H2. The molecule has 0 bridgehead atoms. The molecule has 1 heterocycles. The van der Waals surface area contributed by atoms with Gasteiger partial charge in [-0.15, -0.1) is 6.58 Å². The van der Waals surface area contributed by atoms with E-state index in [-0.39, 0.29) is 0 Å². The summed E-state index contributed by atoms with van der Waals surface area (Å²) in [5.41, 5.74) is 0. The number of hydrogen-bond donors (Lipinski definition) is 0. The highest BCUT2D eigenvalue weighted by Gasteiger charge is 2.02. The van der Waals surface area contributed by atoms with Crippen LogP contribution in [0.4, 0.5) is 0 Å². The van der Waals surface area contributed by atoms with Crippen molar-refractivity contribution in [3.05, 3.63) is 12.7 Å². The molecule has 0 amide bonds. The van der Waals surface area contributed by atoms with Crippen LogP contribution in [0.3, 0.4) is 0 Å². The molecule has 3 heteroatoms. The van der Waals surface area contributed by atoms with E-state index in [1.807, 2.05) is 0 Å². The molecule has 0 aromatic rings. The van der Waals surface area contributed by atoms with Crippen LogP contribution >= 0.6 is 0 Å². The van der Waals surface area contributed by atoms with Crippen molar-refractivity contribution in [2.45, 2.75) is 0 Å². The summed E-state index contributed by atoms with van der Waals surface area (Å²) >= 11 is 0. The first kappa shape index (κ1) is 5.15. The summed E-state index contributed by atoms with van der Waals surface area (Å²) in [4.78, 5) is 6.39. The number of hydrogen-bond acceptors (Lipinski definition) is 3. The van der Waals surface area contributed by atoms with E-state index in [1.54, 1.807) is 11.0 Å². The van der Waals surface area contributed by atoms with Crippen molar-refractivity contribution in [1.82, 2.24) is 4.90 Å². The van der Waals surface area contributed by atoms with Crippen LogP contribution < -0.4 is 0 Å². The van der Waals surface area contributed by atoms with Crippen molar-refractivity contribution in [3.8, 4) is 0 Å². The summed E-state index contributed by atoms with van der Waals surface area (Å²) in [6.07, 6.45) is 4.40. The van der Waals surface area contributed by atoms with E-state index < -0.39 is 0 Å². The molecule has 1 aliphatic rings. The molecule has 0 fully saturated rings. The maximum absolute atomic E-state index is 4.60. The maximum atomic E-state index is 4.60. The maximum Gasteiger partial charge on any atom is 0.217 e. The predicted molar refractivity (Wildman–Crippen MR) is 30.3 cm³/mol. The van der Waals surface area contributed by atoms with Crippen LogP contribution in [0.2, 0.25) is 0 Å². The minimum Gasteiger partial charge on any atom is -0.372 e. The van der Waals surface area contributed by atoms with Gasteiger partial charge in [-0.25, -0.2) is 0 Å². The Morgan fingerprint density at radius 3 is 3.38 bits per heavy atom. The van der Waals surface area contributed by atoms with E-state index in [9.17, 15) is 0 Å². The van der Waals surface area contributed by atoms with Crippen LogP contribution in [-0.4, -0.2) is 24.5 Å². The third-order valence-electron chi connectivity index (χ3n) is 0.810. The van der Waals surface area contributed by atoms with Crippen LogP contribution in [0.1, 0.15) is 0 Å². The Kier molecular flexibility index (Phi) is 1.51. The molecule has 0 atom stereocenters. The Hall–Kier alpha value is -0.990. The molecule has 8 heavy (non-hydrogen) atoms. The van der Waals surface area contributed by atoms with Gasteiger partial charge in [-0.05, 0) is 0 Å². The molecule has 0 spiro atoms. The van der Waals surface area contributed by atoms with Gasteiger partial charge in [0.15, 0.2) is 6.73 Å². The van der Waals surface area contributed by atoms with Gasteiger partial charge < -0.3 is 9.74 Å². The monoisotopic (exact) mass is 111 g/mol. The summed E-state index contributed by atoms with van der Waals surface area (Å²) < 4.78 is 0. The second kappa shape index (κ2) is 2.35. The SMILES string of the molecule is C=CCN1[C]=NOC1. The van der Waals surface area contributed by atoms with E-state index in [0.29, 0.717) is 6.73 Å². The highest BCUT2D eigenvalue weighted by atomic mass is 16.6. The first-order valence-corrected chi connectivity index (χ1v) is 2.37. The van der Waals surface area contributed by atoms with Gasteiger partial charge >= 0.3 is 0 Å². The second-order valence-corrected chi connectivity index (χ2v) is 1.46. The minimum absolute atomic E-state index is 0.506. The van der Waals surface area contributed by atoms with Crippen LogP contribution in [0.5, 0.6) is 0 Å². The van der Waals surface area contributed by atoms with E-state index in [4.69, 9.17) is 0 Å². The lowest BCUT2D eigenvalue weighted by Crippen LogP contribution is -2.18. The Labute approximate surface area is 48.2 Å². The predicted octanol–water partition coefficient (Wildman–Crippen LogP) is 0.282. The van der Waals surface area contributed by atoms with Crippen molar-refractivity contribution in [2.75, 3.05) is 13.3 Å². The van der Waals surface area contributed by atoms with Crippen molar-refractivity contribution in [2.24, 2.45) is 5.16 Å². The van der Waals surface area contributed by atoms with Gasteiger partial charge in [0.2, 0.25) is 6.34 Å². The van der Waals surface area contributed by atoms with Crippen LogP contribution in [0.15, 0.2) is 17.8 Å². The molecule has 1 rings (SSSR count). The van der Waals surface area contributed by atoms with Gasteiger partial charge in [-0.1, -0.05) is 11.2 Å². The van der Waals surface area contributed by atoms with Gasteiger partial charge in [0.25, 0.3) is 0 Å². The quantitative estimate of drug-likeness (QED) is 0.478. The van der Waals surface area contributed by atoms with E-state index in [2.05, 4.69) is 22.9 Å². The van der Waals surface area contributed by atoms with Crippen molar-refractivity contribution in [3.63, 3.8) is 0 Å². The van der Waals surface area contributed by atoms with Crippen molar-refractivity contribution < 1.29 is 4.84 Å². The van der Waals surface area contributed by atoms with Crippen molar-refractivity contribution >= 4 is 6.34 Å². The van der Waals surface area contributed by atoms with Gasteiger partial charge in [0.1, 0.15) is 0 Å². The third kappa shape index (κ3) is 0.992. The molecule has 1 radical (unpaired) electrons. The minimum atomic E-state index is 0.506. The zero-order chi connectivity index (χ0) is 5.82. The molecular weight excluding hydrogens is 104 g/mol. The fourth-order valence-electron chi connectivity index (χ4n) is 0.463. The molecule has 0 aromatic carbocycles. The van der Waals surface area contributed by atoms with E-state index in [1.165, 1.54) is 0 Å². The topological polar surface area (TPSA) is 24.8 Å². The molecule has 3 nitrogen and oxygen atoms in total. The fourth-order valence-corrected chi connectivity index (χ4v) is 0.463. The summed E-state index contributed by atoms with van der Waals surface area (Å²) in [7, 11) is 0. The van der Waals surface area contributed by atoms with Crippen LogP contribution in [0, 0.1) is 0 Å². The fraction of sp³-hybridized carbons (Fsp3) is 0.400. The molecule has 0 saturated carbocycles. The average molecular weight is 111 g/mol. The first-order chi connectivity index (χ1) is 3.93. The summed E-state index contributed by atoms with van der Waals surface area (Å²) in [5.74, 6) is 0. The lowest BCUT2D eigenvalue weighted by atomic mass is 10.6. The van der Waals surface area contributed by atoms with Crippen LogP contribution in [0.25, 0.3) is 0 Å². The molecule has 0 aromatic heterocycles. The Bertz CT molecular complexity index is 111. The van der Waals surface area contributed by atoms with Gasteiger partial charge in [0, 0.05) is 6.54 Å². The Morgan fingerprint density at radius 2 is 2.88 bits per heavy atom. The lowest BCUT2D eigenvalue weighted by molar-refractivity contribution is 0.115. The first-order valence-electron chi connectivity index (χ1n) is 2.37. The molecule has 1 aliphatic heterocycles. The molecule has 43 valence electrons. The van der Waals surface area contributed by atoms with E-state index >= 15 is 0 Å². The van der Waals surface area contributed by atoms with Gasteiger partial charge in [-0.2, -0.15) is 0 Å². The highest BCUT2D eigenvalue weighted by molar-refractivity contribution is 5.55. The normalized spacial score (nSPS) is 16.2. The van der Waals surface area contributed by atoms with E-state index in [0.717, 1.165) is 6.54 Å². The molecule has 0 saturated heterocycles. The third-order valence-corrected chi connectivity index (χ3v) is 0.810. The van der Waals surface area contributed by atoms with Gasteiger partial charge in [0.05, 0.1) is 0 Å². The number of rotatable bonds is 2. The van der Waals surface area contributed by atoms with Crippen molar-refractivity contribution in [1.29, 1.82) is 0 Å². The summed E-state index contributed by atoms with van der Waals surface area (Å²) in [6, 6.07) is 0.